The molecule has 4 nitrogen and oxygen atoms in total. The lowest BCUT2D eigenvalue weighted by atomic mass is 10.1. The summed E-state index contributed by atoms with van der Waals surface area (Å²) >= 11 is 0. The third-order valence-electron chi connectivity index (χ3n) is 3.49. The highest BCUT2D eigenvalue weighted by Crippen LogP contribution is 2.15. The second-order valence-corrected chi connectivity index (χ2v) is 5.21. The molecule has 0 aliphatic rings. The van der Waals surface area contributed by atoms with Gasteiger partial charge in [0.2, 0.25) is 0 Å². The third-order valence-corrected chi connectivity index (χ3v) is 3.49. The number of rotatable bonds is 9. The van der Waals surface area contributed by atoms with Gasteiger partial charge in [0.05, 0.1) is 6.61 Å². The van der Waals surface area contributed by atoms with Gasteiger partial charge < -0.3 is 14.6 Å². The van der Waals surface area contributed by atoms with Gasteiger partial charge in [-0.05, 0) is 30.2 Å². The first-order chi connectivity index (χ1) is 12.2. The Kier molecular flexibility index (Phi) is 10.0. The number of benzene rings is 2. The van der Waals surface area contributed by atoms with Crippen LogP contribution in [-0.2, 0) is 22.4 Å². The van der Waals surface area contributed by atoms with Crippen LogP contribution in [0.1, 0.15) is 31.9 Å². The van der Waals surface area contributed by atoms with E-state index in [0.29, 0.717) is 19.6 Å². The minimum atomic E-state index is -0.935. The van der Waals surface area contributed by atoms with Crippen LogP contribution >= 0.6 is 0 Å². The van der Waals surface area contributed by atoms with Crippen LogP contribution in [0.25, 0.3) is 0 Å². The van der Waals surface area contributed by atoms with Gasteiger partial charge in [-0.2, -0.15) is 0 Å². The lowest BCUT2D eigenvalue weighted by Gasteiger charge is -2.13. The Morgan fingerprint density at radius 1 is 1.00 bits per heavy atom. The molecular formula is C21H28O4. The van der Waals surface area contributed by atoms with Crippen molar-refractivity contribution in [3.05, 3.63) is 65.7 Å². The molecule has 0 bridgehead atoms. The van der Waals surface area contributed by atoms with Crippen LogP contribution in [0.3, 0.4) is 0 Å². The highest BCUT2D eigenvalue weighted by molar-refractivity contribution is 5.72. The van der Waals surface area contributed by atoms with Crippen LogP contribution < -0.4 is 4.74 Å². The largest absolute Gasteiger partial charge is 0.493 e. The third kappa shape index (κ3) is 7.86. The van der Waals surface area contributed by atoms with E-state index in [4.69, 9.17) is 14.6 Å². The first-order valence-electron chi connectivity index (χ1n) is 8.79. The number of carboxylic acids is 1. The fourth-order valence-electron chi connectivity index (χ4n) is 2.29. The summed E-state index contributed by atoms with van der Waals surface area (Å²) in [6, 6.07) is 17.7. The number of hydrogen-bond acceptors (Lipinski definition) is 3. The maximum absolute atomic E-state index is 11.1. The monoisotopic (exact) mass is 344 g/mol. The van der Waals surface area contributed by atoms with E-state index < -0.39 is 12.1 Å². The predicted molar refractivity (Wildman–Crippen MR) is 100 cm³/mol. The number of carboxylic acid groups (broad SMARTS) is 1. The highest BCUT2D eigenvalue weighted by Gasteiger charge is 2.17. The van der Waals surface area contributed by atoms with E-state index in [1.807, 2.05) is 56.3 Å². The number of hydrogen-bond donors (Lipinski definition) is 1. The van der Waals surface area contributed by atoms with Crippen molar-refractivity contribution >= 4 is 5.97 Å². The summed E-state index contributed by atoms with van der Waals surface area (Å²) in [5.41, 5.74) is 2.16. The Hall–Kier alpha value is -2.33. The van der Waals surface area contributed by atoms with Crippen molar-refractivity contribution in [2.45, 2.75) is 39.7 Å². The summed E-state index contributed by atoms with van der Waals surface area (Å²) in [6.45, 7) is 6.79. The zero-order chi connectivity index (χ0) is 18.5. The summed E-state index contributed by atoms with van der Waals surface area (Å²) in [5.74, 6) is -0.150. The van der Waals surface area contributed by atoms with Crippen LogP contribution in [0.5, 0.6) is 5.75 Å². The number of aliphatic carboxylic acids is 1. The molecule has 0 aliphatic carbocycles. The van der Waals surface area contributed by atoms with Crippen molar-refractivity contribution in [3.8, 4) is 5.75 Å². The molecule has 0 radical (unpaired) electrons. The summed E-state index contributed by atoms with van der Waals surface area (Å²) < 4.78 is 10.9. The molecule has 1 atom stereocenters. The van der Waals surface area contributed by atoms with Gasteiger partial charge in [0.25, 0.3) is 0 Å². The van der Waals surface area contributed by atoms with Gasteiger partial charge in [-0.3, -0.25) is 0 Å². The quantitative estimate of drug-likeness (QED) is 0.734. The summed E-state index contributed by atoms with van der Waals surface area (Å²) in [7, 11) is 0. The van der Waals surface area contributed by atoms with E-state index in [-0.39, 0.29) is 0 Å². The first kappa shape index (κ1) is 20.7. The molecule has 0 saturated heterocycles. The Morgan fingerprint density at radius 2 is 1.64 bits per heavy atom. The first-order valence-corrected chi connectivity index (χ1v) is 8.79. The second kappa shape index (κ2) is 12.1. The molecule has 0 spiro atoms. The standard InChI is InChI=1S/C19H22O4.C2H6/c1-2-22-18(19(20)21)14-16-8-10-17(11-9-16)23-13-12-15-6-4-3-5-7-15;1-2/h3-11,18H,2,12-14H2,1H3,(H,20,21);1-2H3/t18-;/m0./s1. The Labute approximate surface area is 150 Å². The zero-order valence-corrected chi connectivity index (χ0v) is 15.3. The van der Waals surface area contributed by atoms with Gasteiger partial charge in [-0.1, -0.05) is 56.3 Å². The molecule has 25 heavy (non-hydrogen) atoms. The van der Waals surface area contributed by atoms with Crippen molar-refractivity contribution in [1.29, 1.82) is 0 Å². The van der Waals surface area contributed by atoms with Gasteiger partial charge >= 0.3 is 5.97 Å². The minimum Gasteiger partial charge on any atom is -0.493 e. The topological polar surface area (TPSA) is 55.8 Å². The molecule has 0 fully saturated rings. The molecule has 0 amide bonds. The van der Waals surface area contributed by atoms with Crippen molar-refractivity contribution in [3.63, 3.8) is 0 Å². The maximum atomic E-state index is 11.1. The zero-order valence-electron chi connectivity index (χ0n) is 15.3. The molecule has 1 N–H and O–H groups in total. The normalized spacial score (nSPS) is 11.2. The fraction of sp³-hybridized carbons (Fsp3) is 0.381. The molecule has 0 saturated carbocycles. The maximum Gasteiger partial charge on any atom is 0.333 e. The lowest BCUT2D eigenvalue weighted by molar-refractivity contribution is -0.149. The van der Waals surface area contributed by atoms with E-state index in [2.05, 4.69) is 12.1 Å². The average Bonchev–Trinajstić information content (AvgIpc) is 2.65. The Morgan fingerprint density at radius 3 is 2.20 bits per heavy atom. The van der Waals surface area contributed by atoms with Gasteiger partial charge in [-0.15, -0.1) is 0 Å². The fourth-order valence-corrected chi connectivity index (χ4v) is 2.29. The predicted octanol–water partition coefficient (Wildman–Crippen LogP) is 4.37. The van der Waals surface area contributed by atoms with E-state index in [1.54, 1.807) is 6.92 Å². The van der Waals surface area contributed by atoms with Crippen LogP contribution in [0, 0.1) is 0 Å². The van der Waals surface area contributed by atoms with Gasteiger partial charge in [-0.25, -0.2) is 4.79 Å². The summed E-state index contributed by atoms with van der Waals surface area (Å²) in [5, 5.41) is 9.09. The van der Waals surface area contributed by atoms with Gasteiger partial charge in [0, 0.05) is 19.4 Å². The number of ether oxygens (including phenoxy) is 2. The lowest BCUT2D eigenvalue weighted by Crippen LogP contribution is -2.26. The molecule has 2 aromatic rings. The van der Waals surface area contributed by atoms with Crippen molar-refractivity contribution in [1.82, 2.24) is 0 Å². The molecule has 0 aromatic heterocycles. The van der Waals surface area contributed by atoms with Crippen LogP contribution in [0.15, 0.2) is 54.6 Å². The Bertz CT molecular complexity index is 593. The molecule has 136 valence electrons. The van der Waals surface area contributed by atoms with Crippen LogP contribution in [0.4, 0.5) is 0 Å². The van der Waals surface area contributed by atoms with Gasteiger partial charge in [0.15, 0.2) is 6.10 Å². The molecule has 2 aromatic carbocycles. The smallest absolute Gasteiger partial charge is 0.333 e. The molecule has 2 rings (SSSR count). The van der Waals surface area contributed by atoms with E-state index >= 15 is 0 Å². The van der Waals surface area contributed by atoms with Gasteiger partial charge in [0.1, 0.15) is 5.75 Å². The van der Waals surface area contributed by atoms with Crippen LogP contribution in [-0.4, -0.2) is 30.4 Å². The van der Waals surface area contributed by atoms with Crippen molar-refractivity contribution in [2.75, 3.05) is 13.2 Å². The second-order valence-electron chi connectivity index (χ2n) is 5.21. The molecule has 4 heteroatoms. The van der Waals surface area contributed by atoms with Crippen molar-refractivity contribution in [2.24, 2.45) is 0 Å². The molecule has 0 aliphatic heterocycles. The van der Waals surface area contributed by atoms with E-state index in [0.717, 1.165) is 17.7 Å². The highest BCUT2D eigenvalue weighted by atomic mass is 16.5. The molecular weight excluding hydrogens is 316 g/mol. The molecule has 0 unspecified atom stereocenters. The Balaban J connectivity index is 0.00000151. The minimum absolute atomic E-state index is 0.355. The van der Waals surface area contributed by atoms with E-state index in [9.17, 15) is 4.79 Å². The van der Waals surface area contributed by atoms with Crippen molar-refractivity contribution < 1.29 is 19.4 Å². The molecule has 0 heterocycles. The van der Waals surface area contributed by atoms with Crippen LogP contribution in [0.2, 0.25) is 0 Å². The van der Waals surface area contributed by atoms with E-state index in [1.165, 1.54) is 5.56 Å². The number of carbonyl (C=O) groups is 1. The SMILES string of the molecule is CC.CCO[C@@H](Cc1ccc(OCCc2ccccc2)cc1)C(=O)O. The summed E-state index contributed by atoms with van der Waals surface area (Å²) in [4.78, 5) is 11.1. The summed E-state index contributed by atoms with van der Waals surface area (Å²) in [6.07, 6.45) is 0.409. The average molecular weight is 344 g/mol.